The minimum Gasteiger partial charge on any atom is -0.374 e. The Bertz CT molecular complexity index is 1000. The summed E-state index contributed by atoms with van der Waals surface area (Å²) in [4.78, 5) is 4.42. The zero-order valence-electron chi connectivity index (χ0n) is 20.7. The van der Waals surface area contributed by atoms with Crippen molar-refractivity contribution in [3.8, 4) is 0 Å². The molecular weight excluding hydrogens is 410 g/mol. The predicted molar refractivity (Wildman–Crippen MR) is 135 cm³/mol. The average molecular weight is 448 g/mol. The highest BCUT2D eigenvalue weighted by Gasteiger charge is 2.44. The van der Waals surface area contributed by atoms with Gasteiger partial charge in [-0.3, -0.25) is 4.98 Å². The molecule has 4 rings (SSSR count). The average Bonchev–Trinajstić information content (AvgIpc) is 3.66. The molecular formula is C28H37N3O2. The fourth-order valence-corrected chi connectivity index (χ4v) is 3.59. The van der Waals surface area contributed by atoms with Crippen molar-refractivity contribution in [3.05, 3.63) is 95.8 Å². The summed E-state index contributed by atoms with van der Waals surface area (Å²) in [7, 11) is 3.52. The zero-order chi connectivity index (χ0) is 24.0. The van der Waals surface area contributed by atoms with Crippen molar-refractivity contribution >= 4 is 5.69 Å². The Morgan fingerprint density at radius 2 is 1.55 bits per heavy atom. The van der Waals surface area contributed by atoms with Gasteiger partial charge in [-0.1, -0.05) is 48.5 Å². The number of rotatable bonds is 8. The summed E-state index contributed by atoms with van der Waals surface area (Å²) < 4.78 is 11.0. The van der Waals surface area contributed by atoms with Gasteiger partial charge in [0.1, 0.15) is 0 Å². The molecule has 1 heterocycles. The van der Waals surface area contributed by atoms with Gasteiger partial charge in [0.15, 0.2) is 0 Å². The number of benzene rings is 2. The van der Waals surface area contributed by atoms with E-state index in [-0.39, 0.29) is 16.7 Å². The number of nitrogens with one attached hydrogen (secondary N) is 2. The van der Waals surface area contributed by atoms with Crippen LogP contribution in [-0.2, 0) is 26.2 Å². The topological polar surface area (TPSA) is 55.4 Å². The number of hydrazine groups is 1. The van der Waals surface area contributed by atoms with E-state index in [1.807, 2.05) is 42.6 Å². The minimum absolute atomic E-state index is 0.0613. The van der Waals surface area contributed by atoms with E-state index in [1.165, 1.54) is 11.1 Å². The normalized spacial score (nSPS) is 14.7. The van der Waals surface area contributed by atoms with E-state index >= 15 is 0 Å². The Hall–Kier alpha value is -2.73. The summed E-state index contributed by atoms with van der Waals surface area (Å²) in [6.45, 7) is 8.32. The Kier molecular flexibility index (Phi) is 7.90. The second-order valence-corrected chi connectivity index (χ2v) is 9.45. The van der Waals surface area contributed by atoms with E-state index in [0.29, 0.717) is 0 Å². The van der Waals surface area contributed by atoms with E-state index in [2.05, 4.69) is 79.9 Å². The minimum atomic E-state index is -0.268. The molecule has 5 heteroatoms. The number of hydrogen-bond donors (Lipinski definition) is 2. The summed E-state index contributed by atoms with van der Waals surface area (Å²) >= 11 is 0. The monoisotopic (exact) mass is 447 g/mol. The molecule has 0 amide bonds. The molecule has 1 aromatic heterocycles. The lowest BCUT2D eigenvalue weighted by molar-refractivity contribution is 0.0192. The van der Waals surface area contributed by atoms with Crippen molar-refractivity contribution in [2.75, 3.05) is 19.6 Å². The third-order valence-corrected chi connectivity index (χ3v) is 6.29. The number of pyridine rings is 1. The highest BCUT2D eigenvalue weighted by atomic mass is 16.5. The third kappa shape index (κ3) is 6.41. The molecule has 0 atom stereocenters. The molecule has 1 aliphatic carbocycles. The summed E-state index contributed by atoms with van der Waals surface area (Å²) in [5.74, 6) is 0. The lowest BCUT2D eigenvalue weighted by atomic mass is 9.98. The highest BCUT2D eigenvalue weighted by Crippen LogP contribution is 2.49. The molecule has 176 valence electrons. The Morgan fingerprint density at radius 1 is 0.848 bits per heavy atom. The van der Waals surface area contributed by atoms with Gasteiger partial charge in [-0.25, -0.2) is 5.43 Å². The van der Waals surface area contributed by atoms with Crippen molar-refractivity contribution in [2.45, 2.75) is 57.3 Å². The first-order valence-corrected chi connectivity index (χ1v) is 11.4. The molecule has 1 saturated carbocycles. The number of anilines is 1. The first kappa shape index (κ1) is 24.9. The molecule has 2 aromatic carbocycles. The largest absolute Gasteiger partial charge is 0.374 e. The number of hydrogen-bond acceptors (Lipinski definition) is 5. The second-order valence-electron chi connectivity index (χ2n) is 9.45. The van der Waals surface area contributed by atoms with E-state index in [4.69, 9.17) is 9.47 Å². The third-order valence-electron chi connectivity index (χ3n) is 6.29. The van der Waals surface area contributed by atoms with Crippen LogP contribution >= 0.6 is 0 Å². The molecule has 0 spiro atoms. The molecule has 5 nitrogen and oxygen atoms in total. The van der Waals surface area contributed by atoms with E-state index in [9.17, 15) is 0 Å². The quantitative estimate of drug-likeness (QED) is 0.406. The van der Waals surface area contributed by atoms with Gasteiger partial charge < -0.3 is 14.9 Å². The molecule has 0 aliphatic heterocycles. The smallest absolute Gasteiger partial charge is 0.0930 e. The summed E-state index contributed by atoms with van der Waals surface area (Å²) in [5, 5.41) is 0. The SMILES string of the molecule is COC(C)(C)c1ccccc1.COC1(c2cccc(NNC(C)(C)c3ccccn3)c2)CC1. The van der Waals surface area contributed by atoms with Crippen LogP contribution in [-0.4, -0.2) is 19.2 Å². The second kappa shape index (κ2) is 10.5. The van der Waals surface area contributed by atoms with Gasteiger partial charge in [-0.05, 0) is 75.9 Å². The van der Waals surface area contributed by atoms with Crippen molar-refractivity contribution in [1.29, 1.82) is 0 Å². The standard InChI is InChI=1S/C18H23N3O.C10H14O/c1-17(2,16-9-4-5-12-19-16)21-20-15-8-6-7-14(13-15)18(22-3)10-11-18;1-10(2,11-3)9-7-5-4-6-8-9/h4-9,12-13,20-21H,10-11H2,1-3H3;4-8H,1-3H3. The number of aromatic nitrogens is 1. The van der Waals surface area contributed by atoms with Gasteiger partial charge in [0, 0.05) is 26.1 Å². The maximum atomic E-state index is 5.65. The molecule has 2 N–H and O–H groups in total. The van der Waals surface area contributed by atoms with Crippen molar-refractivity contribution in [2.24, 2.45) is 0 Å². The van der Waals surface area contributed by atoms with Crippen LogP contribution in [0.5, 0.6) is 0 Å². The van der Waals surface area contributed by atoms with Crippen molar-refractivity contribution in [3.63, 3.8) is 0 Å². The number of methoxy groups -OCH3 is 2. The van der Waals surface area contributed by atoms with E-state index in [1.54, 1.807) is 14.2 Å². The maximum Gasteiger partial charge on any atom is 0.0930 e. The molecule has 1 aliphatic rings. The predicted octanol–water partition coefficient (Wildman–Crippen LogP) is 6.14. The van der Waals surface area contributed by atoms with E-state index < -0.39 is 0 Å². The maximum absolute atomic E-state index is 5.65. The first-order valence-electron chi connectivity index (χ1n) is 11.4. The summed E-state index contributed by atoms with van der Waals surface area (Å²) in [6.07, 6.45) is 4.01. The molecule has 3 aromatic rings. The van der Waals surface area contributed by atoms with Crippen molar-refractivity contribution < 1.29 is 9.47 Å². The van der Waals surface area contributed by atoms with Gasteiger partial charge in [-0.15, -0.1) is 0 Å². The van der Waals surface area contributed by atoms with Crippen LogP contribution < -0.4 is 10.9 Å². The van der Waals surface area contributed by atoms with Gasteiger partial charge >= 0.3 is 0 Å². The molecule has 0 unspecified atom stereocenters. The Balaban J connectivity index is 0.000000235. The van der Waals surface area contributed by atoms with Crippen LogP contribution in [0.4, 0.5) is 5.69 Å². The first-order chi connectivity index (χ1) is 15.7. The van der Waals surface area contributed by atoms with E-state index in [0.717, 1.165) is 24.2 Å². The summed E-state index contributed by atoms with van der Waals surface area (Å²) in [6, 6.07) is 24.5. The van der Waals surface area contributed by atoms with Crippen LogP contribution in [0.2, 0.25) is 0 Å². The summed E-state index contributed by atoms with van der Waals surface area (Å²) in [5.41, 5.74) is 10.6. The van der Waals surface area contributed by atoms with Crippen molar-refractivity contribution in [1.82, 2.24) is 10.4 Å². The highest BCUT2D eigenvalue weighted by molar-refractivity contribution is 5.48. The van der Waals surface area contributed by atoms with Crippen LogP contribution in [0, 0.1) is 0 Å². The number of nitrogens with zero attached hydrogens (tertiary/aromatic N) is 1. The molecule has 0 saturated heterocycles. The lowest BCUT2D eigenvalue weighted by Gasteiger charge is -2.27. The molecule has 33 heavy (non-hydrogen) atoms. The van der Waals surface area contributed by atoms with Crippen LogP contribution in [0.1, 0.15) is 57.4 Å². The molecule has 1 fully saturated rings. The molecule has 0 bridgehead atoms. The van der Waals surface area contributed by atoms with Gasteiger partial charge in [0.25, 0.3) is 0 Å². The molecule has 0 radical (unpaired) electrons. The van der Waals surface area contributed by atoms with Crippen LogP contribution in [0.3, 0.4) is 0 Å². The lowest BCUT2D eigenvalue weighted by Crippen LogP contribution is -2.41. The Morgan fingerprint density at radius 3 is 2.12 bits per heavy atom. The van der Waals surface area contributed by atoms with Gasteiger partial charge in [-0.2, -0.15) is 0 Å². The fourth-order valence-electron chi connectivity index (χ4n) is 3.59. The fraction of sp³-hybridized carbons (Fsp3) is 0.393. The van der Waals surface area contributed by atoms with Gasteiger partial charge in [0.2, 0.25) is 0 Å². The zero-order valence-corrected chi connectivity index (χ0v) is 20.7. The van der Waals surface area contributed by atoms with Crippen LogP contribution in [0.15, 0.2) is 79.0 Å². The Labute approximate surface area is 198 Å². The van der Waals surface area contributed by atoms with Crippen LogP contribution in [0.25, 0.3) is 0 Å². The van der Waals surface area contributed by atoms with Gasteiger partial charge in [0.05, 0.1) is 22.4 Å². The number of ether oxygens (including phenoxy) is 2.